The number of hydrogen-bond acceptors (Lipinski definition) is 7. The summed E-state index contributed by atoms with van der Waals surface area (Å²) in [5.74, 6) is 0.979. The third kappa shape index (κ3) is 3.60. The van der Waals surface area contributed by atoms with Gasteiger partial charge in [-0.1, -0.05) is 29.8 Å². The van der Waals surface area contributed by atoms with E-state index in [1.165, 1.54) is 17.0 Å². The fraction of sp³-hybridized carbons (Fsp3) is 0.182. The first-order valence-corrected chi connectivity index (χ1v) is 12.8. The summed E-state index contributed by atoms with van der Waals surface area (Å²) in [7, 11) is -3.52. The van der Waals surface area contributed by atoms with Crippen molar-refractivity contribution in [3.63, 3.8) is 0 Å². The summed E-state index contributed by atoms with van der Waals surface area (Å²) in [6.07, 6.45) is 6.32. The van der Waals surface area contributed by atoms with E-state index in [9.17, 15) is 13.2 Å². The fourth-order valence-corrected chi connectivity index (χ4v) is 5.48. The quantitative estimate of drug-likeness (QED) is 0.380. The Morgan fingerprint density at radius 1 is 1.14 bits per heavy atom. The van der Waals surface area contributed by atoms with Crippen molar-refractivity contribution in [1.82, 2.24) is 29.1 Å². The number of aromatic amines is 1. The number of halogens is 1. The first-order valence-electron chi connectivity index (χ1n) is 10.5. The highest BCUT2D eigenvalue weighted by molar-refractivity contribution is 7.91. The molecule has 5 heterocycles. The summed E-state index contributed by atoms with van der Waals surface area (Å²) in [4.78, 5) is 27.2. The maximum absolute atomic E-state index is 13.6. The normalized spacial score (nSPS) is 15.8. The van der Waals surface area contributed by atoms with Gasteiger partial charge in [0.25, 0.3) is 5.56 Å². The third-order valence-corrected chi connectivity index (χ3v) is 7.51. The highest BCUT2D eigenvalue weighted by atomic mass is 35.5. The lowest BCUT2D eigenvalue weighted by atomic mass is 10.0. The first kappa shape index (κ1) is 23.4. The molecule has 10 nitrogen and oxygen atoms in total. The van der Waals surface area contributed by atoms with Crippen molar-refractivity contribution in [2.75, 3.05) is 17.7 Å². The van der Waals surface area contributed by atoms with Crippen LogP contribution in [-0.2, 0) is 9.84 Å². The zero-order chi connectivity index (χ0) is 23.6. The van der Waals surface area contributed by atoms with E-state index < -0.39 is 9.84 Å². The van der Waals surface area contributed by atoms with Gasteiger partial charge in [0.2, 0.25) is 0 Å². The topological polar surface area (TPSA) is 118 Å². The van der Waals surface area contributed by atoms with Crippen LogP contribution in [0.3, 0.4) is 0 Å². The number of sulfone groups is 1. The van der Waals surface area contributed by atoms with Gasteiger partial charge >= 0.3 is 0 Å². The average Bonchev–Trinajstić information content (AvgIpc) is 3.38. The lowest BCUT2D eigenvalue weighted by Crippen LogP contribution is -2.45. The summed E-state index contributed by atoms with van der Waals surface area (Å²) >= 11 is 6.29. The number of H-pyrrole nitrogens is 1. The number of hydrogen-bond donors (Lipinski definition) is 1. The molecule has 35 heavy (non-hydrogen) atoms. The number of nitrogens with zero attached hydrogens (tertiary/aromatic N) is 6. The van der Waals surface area contributed by atoms with Crippen LogP contribution in [0, 0.1) is 0 Å². The molecule has 1 aliphatic heterocycles. The van der Waals surface area contributed by atoms with Crippen LogP contribution in [0.5, 0.6) is 0 Å². The third-order valence-electron chi connectivity index (χ3n) is 6.08. The van der Waals surface area contributed by atoms with Crippen LogP contribution in [-0.4, -0.2) is 50.4 Å². The van der Waals surface area contributed by atoms with Crippen LogP contribution < -0.4 is 10.5 Å². The molecule has 0 unspecified atom stereocenters. The molecule has 6 rings (SSSR count). The molecule has 0 radical (unpaired) electrons. The van der Waals surface area contributed by atoms with E-state index in [1.807, 2.05) is 35.2 Å². The molecular formula is C22H20ClN7O3S2. The predicted molar refractivity (Wildman–Crippen MR) is 138 cm³/mol. The van der Waals surface area contributed by atoms with Gasteiger partial charge in [0, 0.05) is 25.2 Å². The number of benzene rings is 1. The highest BCUT2D eigenvalue weighted by Crippen LogP contribution is 2.40. The molecule has 1 aliphatic rings. The Hall–Kier alpha value is -3.35. The molecule has 0 spiro atoms. The van der Waals surface area contributed by atoms with Crippen molar-refractivity contribution >= 4 is 57.3 Å². The summed E-state index contributed by atoms with van der Waals surface area (Å²) in [6, 6.07) is 10.5. The lowest BCUT2D eigenvalue weighted by molar-refractivity contribution is 0.424. The SMILES string of the molecule is CS(=O)(=O)c1c[nH]c2ncnc(N3CC[C@H]3c3nn4ccc(Cl)c4c(=O)n3-c3ccccc3)c12.S. The summed E-state index contributed by atoms with van der Waals surface area (Å²) in [5, 5.41) is 5.50. The van der Waals surface area contributed by atoms with E-state index in [0.29, 0.717) is 46.4 Å². The van der Waals surface area contributed by atoms with Gasteiger partial charge in [-0.25, -0.2) is 22.9 Å². The van der Waals surface area contributed by atoms with Crippen LogP contribution in [0.2, 0.25) is 5.02 Å². The van der Waals surface area contributed by atoms with Gasteiger partial charge in [0.05, 0.1) is 27.0 Å². The van der Waals surface area contributed by atoms with Crippen molar-refractivity contribution < 1.29 is 8.42 Å². The Bertz CT molecular complexity index is 1750. The summed E-state index contributed by atoms with van der Waals surface area (Å²) in [6.45, 7) is 0.611. The molecule has 1 saturated heterocycles. The van der Waals surface area contributed by atoms with Gasteiger partial charge in [-0.3, -0.25) is 9.36 Å². The Morgan fingerprint density at radius 3 is 2.60 bits per heavy atom. The van der Waals surface area contributed by atoms with Crippen molar-refractivity contribution in [1.29, 1.82) is 0 Å². The van der Waals surface area contributed by atoms with E-state index in [-0.39, 0.29) is 35.5 Å². The molecule has 5 aromatic rings. The maximum Gasteiger partial charge on any atom is 0.284 e. The molecule has 1 atom stereocenters. The molecule has 0 amide bonds. The van der Waals surface area contributed by atoms with Crippen molar-refractivity contribution in [3.8, 4) is 5.69 Å². The molecule has 180 valence electrons. The van der Waals surface area contributed by atoms with Crippen LogP contribution in [0.1, 0.15) is 18.3 Å². The molecule has 1 N–H and O–H groups in total. The molecule has 1 aromatic carbocycles. The van der Waals surface area contributed by atoms with Crippen LogP contribution in [0.15, 0.2) is 64.8 Å². The molecule has 0 bridgehead atoms. The number of aromatic nitrogens is 6. The van der Waals surface area contributed by atoms with E-state index >= 15 is 0 Å². The van der Waals surface area contributed by atoms with Crippen LogP contribution >= 0.6 is 25.1 Å². The van der Waals surface area contributed by atoms with Gasteiger partial charge in [0.1, 0.15) is 23.3 Å². The highest BCUT2D eigenvalue weighted by Gasteiger charge is 2.37. The molecular weight excluding hydrogens is 510 g/mol. The van der Waals surface area contributed by atoms with Crippen LogP contribution in [0.25, 0.3) is 22.2 Å². The average molecular weight is 530 g/mol. The number of para-hydroxylation sites is 1. The van der Waals surface area contributed by atoms with E-state index in [0.717, 1.165) is 6.26 Å². The number of rotatable bonds is 4. The number of nitrogens with one attached hydrogen (secondary N) is 1. The first-order chi connectivity index (χ1) is 16.3. The largest absolute Gasteiger partial charge is 0.345 e. The number of fused-ring (bicyclic) bond motifs is 2. The fourth-order valence-electron chi connectivity index (χ4n) is 4.43. The maximum atomic E-state index is 13.6. The lowest BCUT2D eigenvalue weighted by Gasteiger charge is -2.42. The minimum absolute atomic E-state index is 0. The smallest absolute Gasteiger partial charge is 0.284 e. The Labute approximate surface area is 211 Å². The van der Waals surface area contributed by atoms with E-state index in [4.69, 9.17) is 16.7 Å². The zero-order valence-corrected chi connectivity index (χ0v) is 21.0. The number of anilines is 1. The van der Waals surface area contributed by atoms with Crippen molar-refractivity contribution in [2.24, 2.45) is 0 Å². The molecule has 13 heteroatoms. The second kappa shape index (κ2) is 8.40. The van der Waals surface area contributed by atoms with Crippen LogP contribution in [0.4, 0.5) is 5.82 Å². The van der Waals surface area contributed by atoms with E-state index in [2.05, 4.69) is 15.0 Å². The monoisotopic (exact) mass is 529 g/mol. The van der Waals surface area contributed by atoms with Gasteiger partial charge in [0.15, 0.2) is 15.7 Å². The van der Waals surface area contributed by atoms with Gasteiger partial charge in [-0.15, -0.1) is 0 Å². The minimum atomic E-state index is -3.52. The van der Waals surface area contributed by atoms with Gasteiger partial charge < -0.3 is 9.88 Å². The standard InChI is InChI=1S/C22H18ClN7O3S.H2S/c1-34(32,33)16-11-24-19-17(16)21(26-12-25-19)28-9-8-15(28)20-27-29-10-7-14(23)18(29)22(31)30(20)13-5-3-2-4-6-13;/h2-7,10-12,15H,8-9H2,1H3,(H,24,25,26);1H2/t15-;/m0./s1. The second-order valence-electron chi connectivity index (χ2n) is 8.14. The van der Waals surface area contributed by atoms with E-state index in [1.54, 1.807) is 16.8 Å². The molecule has 4 aromatic heterocycles. The van der Waals surface area contributed by atoms with Crippen molar-refractivity contribution in [3.05, 3.63) is 76.3 Å². The summed E-state index contributed by atoms with van der Waals surface area (Å²) < 4.78 is 27.9. The Balaban J connectivity index is 0.00000253. The summed E-state index contributed by atoms with van der Waals surface area (Å²) in [5.41, 5.74) is 1.09. The molecule has 1 fully saturated rings. The second-order valence-corrected chi connectivity index (χ2v) is 10.5. The van der Waals surface area contributed by atoms with Gasteiger partial charge in [-0.2, -0.15) is 18.6 Å². The van der Waals surface area contributed by atoms with Crippen molar-refractivity contribution in [2.45, 2.75) is 17.4 Å². The minimum Gasteiger partial charge on any atom is -0.345 e. The van der Waals surface area contributed by atoms with Gasteiger partial charge in [-0.05, 0) is 24.6 Å². The Morgan fingerprint density at radius 2 is 1.91 bits per heavy atom. The predicted octanol–water partition coefficient (Wildman–Crippen LogP) is 2.88. The molecule has 0 saturated carbocycles. The Kier molecular flexibility index (Phi) is 5.61. The zero-order valence-electron chi connectivity index (χ0n) is 18.4. The molecule has 0 aliphatic carbocycles.